The van der Waals surface area contributed by atoms with E-state index in [1.807, 2.05) is 36.4 Å². The van der Waals surface area contributed by atoms with Crippen LogP contribution in [0.25, 0.3) is 0 Å². The predicted octanol–water partition coefficient (Wildman–Crippen LogP) is 4.27. The Labute approximate surface area is 208 Å². The lowest BCUT2D eigenvalue weighted by Crippen LogP contribution is -2.33. The molecule has 34 heavy (non-hydrogen) atoms. The molecular formula is C28H38O4Si2. The van der Waals surface area contributed by atoms with Crippen LogP contribution in [-0.4, -0.2) is 44.0 Å². The molecule has 0 N–H and O–H groups in total. The molecule has 0 amide bonds. The highest BCUT2D eigenvalue weighted by Gasteiger charge is 2.17. The fourth-order valence-electron chi connectivity index (χ4n) is 3.69. The van der Waals surface area contributed by atoms with Gasteiger partial charge in [-0.05, 0) is 33.6 Å². The second-order valence-electron chi connectivity index (χ2n) is 9.01. The standard InChI is InChI=1S/C28H38O4Si2/c1-33(2)27-19-26(32-18-16-30-22-24-13-9-6-10-14-24)28(34(3)4)20-25(27)31-17-15-29-21-23-11-7-5-8-12-23/h5-14,19-20,33-34H,15-18,21-22H2,1-4H3. The molecule has 0 atom stereocenters. The summed E-state index contributed by atoms with van der Waals surface area (Å²) in [5.74, 6) is 2.02. The van der Waals surface area contributed by atoms with E-state index in [4.69, 9.17) is 18.9 Å². The molecule has 0 fully saturated rings. The van der Waals surface area contributed by atoms with Crippen LogP contribution in [0.15, 0.2) is 72.8 Å². The summed E-state index contributed by atoms with van der Waals surface area (Å²) in [5.41, 5.74) is 2.36. The Morgan fingerprint density at radius 2 is 0.912 bits per heavy atom. The number of ether oxygens (including phenoxy) is 4. The molecule has 0 aromatic heterocycles. The number of hydrogen-bond acceptors (Lipinski definition) is 4. The summed E-state index contributed by atoms with van der Waals surface area (Å²) in [5, 5.41) is 2.61. The van der Waals surface area contributed by atoms with Crippen LogP contribution >= 0.6 is 0 Å². The molecule has 3 aromatic carbocycles. The summed E-state index contributed by atoms with van der Waals surface area (Å²) in [4.78, 5) is 0. The van der Waals surface area contributed by atoms with Crippen LogP contribution in [0.5, 0.6) is 11.5 Å². The van der Waals surface area contributed by atoms with Crippen molar-refractivity contribution in [3.05, 3.63) is 83.9 Å². The summed E-state index contributed by atoms with van der Waals surface area (Å²) < 4.78 is 24.1. The Balaban J connectivity index is 1.54. The van der Waals surface area contributed by atoms with Crippen LogP contribution in [-0.2, 0) is 22.7 Å². The minimum atomic E-state index is -1.11. The third kappa shape index (κ3) is 8.44. The Morgan fingerprint density at radius 3 is 1.26 bits per heavy atom. The summed E-state index contributed by atoms with van der Waals surface area (Å²) >= 11 is 0. The molecule has 0 spiro atoms. The van der Waals surface area contributed by atoms with E-state index in [1.165, 1.54) is 21.5 Å². The summed E-state index contributed by atoms with van der Waals surface area (Å²) in [6, 6.07) is 24.9. The van der Waals surface area contributed by atoms with E-state index in [2.05, 4.69) is 62.6 Å². The molecule has 0 unspecified atom stereocenters. The van der Waals surface area contributed by atoms with Crippen molar-refractivity contribution in [2.24, 2.45) is 0 Å². The maximum atomic E-state index is 6.23. The van der Waals surface area contributed by atoms with Crippen molar-refractivity contribution in [1.82, 2.24) is 0 Å². The van der Waals surface area contributed by atoms with Crippen LogP contribution < -0.4 is 19.8 Å². The molecule has 6 heteroatoms. The largest absolute Gasteiger partial charge is 0.491 e. The van der Waals surface area contributed by atoms with Gasteiger partial charge >= 0.3 is 0 Å². The Hall–Kier alpha value is -2.39. The maximum Gasteiger partial charge on any atom is 0.118 e. The molecule has 0 radical (unpaired) electrons. The first-order chi connectivity index (χ1) is 16.5. The molecule has 0 aliphatic heterocycles. The van der Waals surface area contributed by atoms with Gasteiger partial charge in [-0.25, -0.2) is 0 Å². The minimum Gasteiger partial charge on any atom is -0.491 e. The third-order valence-corrected chi connectivity index (χ3v) is 8.97. The first kappa shape index (κ1) is 26.2. The van der Waals surface area contributed by atoms with Gasteiger partial charge < -0.3 is 18.9 Å². The van der Waals surface area contributed by atoms with Gasteiger partial charge in [0.2, 0.25) is 0 Å². The zero-order chi connectivity index (χ0) is 24.2. The van der Waals surface area contributed by atoms with Gasteiger partial charge in [0.05, 0.1) is 44.0 Å². The number of benzene rings is 3. The van der Waals surface area contributed by atoms with Gasteiger partial charge in [-0.2, -0.15) is 0 Å². The first-order valence-corrected chi connectivity index (χ1v) is 18.0. The lowest BCUT2D eigenvalue weighted by Gasteiger charge is -2.20. The van der Waals surface area contributed by atoms with Gasteiger partial charge in [0, 0.05) is 0 Å². The second kappa shape index (κ2) is 14.1. The first-order valence-electron chi connectivity index (χ1n) is 12.2. The van der Waals surface area contributed by atoms with E-state index < -0.39 is 17.6 Å². The Morgan fingerprint density at radius 1 is 0.529 bits per heavy atom. The minimum absolute atomic E-state index is 0.549. The quantitative estimate of drug-likeness (QED) is 0.248. The van der Waals surface area contributed by atoms with Gasteiger partial charge in [-0.1, -0.05) is 86.9 Å². The molecule has 4 nitrogen and oxygen atoms in total. The average molecular weight is 495 g/mol. The van der Waals surface area contributed by atoms with Crippen molar-refractivity contribution >= 4 is 28.0 Å². The highest BCUT2D eigenvalue weighted by molar-refractivity contribution is 6.74. The molecule has 0 heterocycles. The molecule has 0 aliphatic rings. The van der Waals surface area contributed by atoms with Gasteiger partial charge in [-0.15, -0.1) is 0 Å². The number of rotatable bonds is 14. The van der Waals surface area contributed by atoms with Crippen molar-refractivity contribution in [1.29, 1.82) is 0 Å². The van der Waals surface area contributed by atoms with Crippen LogP contribution in [0.4, 0.5) is 0 Å². The van der Waals surface area contributed by atoms with Crippen LogP contribution in [0.2, 0.25) is 26.2 Å². The van der Waals surface area contributed by atoms with Crippen molar-refractivity contribution < 1.29 is 18.9 Å². The van der Waals surface area contributed by atoms with Gasteiger partial charge in [-0.3, -0.25) is 0 Å². The SMILES string of the molecule is C[SiH](C)c1cc(OCCOCc2ccccc2)c([SiH](C)C)cc1OCCOCc1ccccc1. The fraction of sp³-hybridized carbons (Fsp3) is 0.357. The average Bonchev–Trinajstić information content (AvgIpc) is 2.85. The summed E-state index contributed by atoms with van der Waals surface area (Å²) in [6.45, 7) is 12.8. The van der Waals surface area contributed by atoms with E-state index in [0.29, 0.717) is 39.6 Å². The molecular weight excluding hydrogens is 456 g/mol. The highest BCUT2D eigenvalue weighted by Crippen LogP contribution is 2.17. The van der Waals surface area contributed by atoms with Crippen LogP contribution in [0, 0.1) is 0 Å². The second-order valence-corrected chi connectivity index (χ2v) is 14.9. The molecule has 182 valence electrons. The molecule has 0 saturated heterocycles. The molecule has 0 saturated carbocycles. The van der Waals surface area contributed by atoms with E-state index in [-0.39, 0.29) is 0 Å². The zero-order valence-corrected chi connectivity index (χ0v) is 23.3. The van der Waals surface area contributed by atoms with E-state index in [1.54, 1.807) is 0 Å². The van der Waals surface area contributed by atoms with E-state index in [0.717, 1.165) is 11.5 Å². The maximum absolute atomic E-state index is 6.23. The Kier molecular flexibility index (Phi) is 10.9. The van der Waals surface area contributed by atoms with Crippen LogP contribution in [0.3, 0.4) is 0 Å². The zero-order valence-electron chi connectivity index (χ0n) is 21.0. The van der Waals surface area contributed by atoms with Gasteiger partial charge in [0.1, 0.15) is 24.7 Å². The predicted molar refractivity (Wildman–Crippen MR) is 147 cm³/mol. The van der Waals surface area contributed by atoms with E-state index >= 15 is 0 Å². The number of hydrogen-bond donors (Lipinski definition) is 0. The summed E-state index contributed by atoms with van der Waals surface area (Å²) in [7, 11) is -2.21. The topological polar surface area (TPSA) is 36.9 Å². The Bertz CT molecular complexity index is 897. The highest BCUT2D eigenvalue weighted by atomic mass is 28.3. The lowest BCUT2D eigenvalue weighted by molar-refractivity contribution is 0.0883. The molecule has 0 aliphatic carbocycles. The van der Waals surface area contributed by atoms with Crippen molar-refractivity contribution in [2.75, 3.05) is 26.4 Å². The van der Waals surface area contributed by atoms with E-state index in [9.17, 15) is 0 Å². The third-order valence-electron chi connectivity index (χ3n) is 5.58. The van der Waals surface area contributed by atoms with Gasteiger partial charge in [0.15, 0.2) is 0 Å². The van der Waals surface area contributed by atoms with Crippen molar-refractivity contribution in [2.45, 2.75) is 39.4 Å². The molecule has 0 bridgehead atoms. The van der Waals surface area contributed by atoms with Crippen LogP contribution in [0.1, 0.15) is 11.1 Å². The molecule has 3 aromatic rings. The summed E-state index contributed by atoms with van der Waals surface area (Å²) in [6.07, 6.45) is 0. The lowest BCUT2D eigenvalue weighted by atomic mass is 10.2. The van der Waals surface area contributed by atoms with Gasteiger partial charge in [0.25, 0.3) is 0 Å². The smallest absolute Gasteiger partial charge is 0.118 e. The molecule has 3 rings (SSSR count). The fourth-order valence-corrected chi connectivity index (χ4v) is 6.13. The monoisotopic (exact) mass is 494 g/mol. The van der Waals surface area contributed by atoms with Crippen molar-refractivity contribution in [3.63, 3.8) is 0 Å². The van der Waals surface area contributed by atoms with Crippen molar-refractivity contribution in [3.8, 4) is 11.5 Å². The normalized spacial score (nSPS) is 11.2.